The Balaban J connectivity index is 1.48. The minimum Gasteiger partial charge on any atom is -0.253 e. The summed E-state index contributed by atoms with van der Waals surface area (Å²) in [4.78, 5) is 0.283. The lowest BCUT2D eigenvalue weighted by Crippen LogP contribution is -2.13. The van der Waals surface area contributed by atoms with Gasteiger partial charge < -0.3 is 0 Å². The minimum atomic E-state index is -3.59. The lowest BCUT2D eigenvalue weighted by Gasteiger charge is -2.22. The molecule has 4 rings (SSSR count). The molecule has 1 heterocycles. The van der Waals surface area contributed by atoms with Gasteiger partial charge in [0.2, 0.25) is 5.13 Å². The Morgan fingerprint density at radius 1 is 0.917 bits per heavy atom. The van der Waals surface area contributed by atoms with Gasteiger partial charge in [0.1, 0.15) is 5.01 Å². The second-order valence-electron chi connectivity index (χ2n) is 6.73. The Hall–Kier alpha value is -1.47. The number of nitrogens with zero attached hydrogens (tertiary/aromatic N) is 2. The standard InChI is InChI=1S/C17H21N3O2S2/c21-24(22,20-17-19-18-16(23-17)14-6-7-14)15-10-8-13(9-11-15)12-4-2-1-3-5-12/h8-12,14H,1-7H2,(H,19,20). The molecule has 0 spiro atoms. The van der Waals surface area contributed by atoms with Crippen molar-refractivity contribution in [3.63, 3.8) is 0 Å². The van der Waals surface area contributed by atoms with Crippen LogP contribution in [0.1, 0.15) is 67.4 Å². The third-order valence-electron chi connectivity index (χ3n) is 4.86. The van der Waals surface area contributed by atoms with Gasteiger partial charge in [-0.15, -0.1) is 10.2 Å². The second-order valence-corrected chi connectivity index (χ2v) is 9.42. The van der Waals surface area contributed by atoms with Crippen molar-refractivity contribution in [2.24, 2.45) is 0 Å². The van der Waals surface area contributed by atoms with Crippen molar-refractivity contribution in [1.82, 2.24) is 10.2 Å². The molecule has 0 bridgehead atoms. The van der Waals surface area contributed by atoms with Crippen molar-refractivity contribution in [3.8, 4) is 0 Å². The zero-order valence-electron chi connectivity index (χ0n) is 13.4. The summed E-state index contributed by atoms with van der Waals surface area (Å²) in [7, 11) is -3.59. The number of nitrogens with one attached hydrogen (secondary N) is 1. The largest absolute Gasteiger partial charge is 0.263 e. The highest BCUT2D eigenvalue weighted by molar-refractivity contribution is 7.93. The molecule has 0 radical (unpaired) electrons. The van der Waals surface area contributed by atoms with E-state index in [1.54, 1.807) is 12.1 Å². The predicted octanol–water partition coefficient (Wildman–Crippen LogP) is 4.26. The van der Waals surface area contributed by atoms with Gasteiger partial charge in [-0.05, 0) is 49.3 Å². The van der Waals surface area contributed by atoms with Crippen molar-refractivity contribution < 1.29 is 8.42 Å². The maximum atomic E-state index is 12.5. The van der Waals surface area contributed by atoms with E-state index in [0.717, 1.165) is 17.8 Å². The highest BCUT2D eigenvalue weighted by Gasteiger charge is 2.28. The first-order valence-electron chi connectivity index (χ1n) is 8.58. The number of aromatic nitrogens is 2. The molecule has 5 nitrogen and oxygen atoms in total. The highest BCUT2D eigenvalue weighted by atomic mass is 32.2. The van der Waals surface area contributed by atoms with Crippen LogP contribution in [0.5, 0.6) is 0 Å². The van der Waals surface area contributed by atoms with Gasteiger partial charge in [-0.1, -0.05) is 42.7 Å². The summed E-state index contributed by atoms with van der Waals surface area (Å²) in [5.74, 6) is 1.06. The summed E-state index contributed by atoms with van der Waals surface area (Å²) in [6, 6.07) is 7.32. The molecule has 1 aromatic heterocycles. The molecule has 0 aliphatic heterocycles. The lowest BCUT2D eigenvalue weighted by molar-refractivity contribution is 0.443. The Morgan fingerprint density at radius 2 is 1.62 bits per heavy atom. The van der Waals surface area contributed by atoms with Gasteiger partial charge in [0, 0.05) is 5.92 Å². The van der Waals surface area contributed by atoms with E-state index in [0.29, 0.717) is 17.0 Å². The Morgan fingerprint density at radius 3 is 2.29 bits per heavy atom. The van der Waals surface area contributed by atoms with Crippen LogP contribution in [0, 0.1) is 0 Å². The van der Waals surface area contributed by atoms with Crippen LogP contribution in [0.2, 0.25) is 0 Å². The van der Waals surface area contributed by atoms with Gasteiger partial charge >= 0.3 is 0 Å². The second kappa shape index (κ2) is 6.44. The summed E-state index contributed by atoms with van der Waals surface area (Å²) < 4.78 is 27.6. The molecule has 7 heteroatoms. The highest BCUT2D eigenvalue weighted by Crippen LogP contribution is 2.42. The smallest absolute Gasteiger partial charge is 0.253 e. The molecule has 2 aliphatic rings. The SMILES string of the molecule is O=S(=O)(Nc1nnc(C2CC2)s1)c1ccc(C2CCCCC2)cc1. The molecule has 1 N–H and O–H groups in total. The number of sulfonamides is 1. The molecule has 1 aromatic carbocycles. The summed E-state index contributed by atoms with van der Waals surface area (Å²) in [6.45, 7) is 0. The van der Waals surface area contributed by atoms with Gasteiger partial charge in [0.05, 0.1) is 4.90 Å². The summed E-state index contributed by atoms with van der Waals surface area (Å²) >= 11 is 1.34. The van der Waals surface area contributed by atoms with E-state index in [-0.39, 0.29) is 4.90 Å². The maximum Gasteiger partial charge on any atom is 0.263 e. The summed E-state index contributed by atoms with van der Waals surface area (Å²) in [6.07, 6.45) is 8.53. The van der Waals surface area contributed by atoms with Crippen LogP contribution in [0.15, 0.2) is 29.2 Å². The van der Waals surface area contributed by atoms with Crippen LogP contribution in [-0.2, 0) is 10.0 Å². The Labute approximate surface area is 146 Å². The minimum absolute atomic E-state index is 0.283. The Bertz CT molecular complexity index is 805. The fraction of sp³-hybridized carbons (Fsp3) is 0.529. The first-order valence-corrected chi connectivity index (χ1v) is 10.9. The number of hydrogen-bond donors (Lipinski definition) is 1. The summed E-state index contributed by atoms with van der Waals surface area (Å²) in [5, 5.41) is 9.32. The van der Waals surface area contributed by atoms with Crippen molar-refractivity contribution >= 4 is 26.5 Å². The fourth-order valence-electron chi connectivity index (χ4n) is 3.30. The van der Waals surface area contributed by atoms with Crippen LogP contribution < -0.4 is 4.72 Å². The van der Waals surface area contributed by atoms with E-state index >= 15 is 0 Å². The zero-order chi connectivity index (χ0) is 16.6. The molecule has 2 aliphatic carbocycles. The van der Waals surface area contributed by atoms with Crippen LogP contribution in [0.3, 0.4) is 0 Å². The Kier molecular flexibility index (Phi) is 4.30. The number of hydrogen-bond acceptors (Lipinski definition) is 5. The third kappa shape index (κ3) is 3.47. The average Bonchev–Trinajstić information content (AvgIpc) is 3.36. The van der Waals surface area contributed by atoms with Gasteiger partial charge in [-0.2, -0.15) is 0 Å². The monoisotopic (exact) mass is 363 g/mol. The average molecular weight is 364 g/mol. The molecule has 2 aromatic rings. The summed E-state index contributed by atoms with van der Waals surface area (Å²) in [5.41, 5.74) is 1.25. The van der Waals surface area contributed by atoms with E-state index in [2.05, 4.69) is 14.9 Å². The fourth-order valence-corrected chi connectivity index (χ4v) is 5.44. The molecule has 0 saturated heterocycles. The molecule has 0 amide bonds. The van der Waals surface area contributed by atoms with Gasteiger partial charge in [0.25, 0.3) is 10.0 Å². The van der Waals surface area contributed by atoms with Gasteiger partial charge in [0.15, 0.2) is 0 Å². The predicted molar refractivity (Wildman–Crippen MR) is 95.0 cm³/mol. The van der Waals surface area contributed by atoms with Crippen molar-refractivity contribution in [1.29, 1.82) is 0 Å². The van der Waals surface area contributed by atoms with E-state index in [9.17, 15) is 8.42 Å². The first-order chi connectivity index (χ1) is 11.6. The number of rotatable bonds is 5. The lowest BCUT2D eigenvalue weighted by atomic mass is 9.84. The molecule has 24 heavy (non-hydrogen) atoms. The molecule has 0 atom stereocenters. The molecule has 128 valence electrons. The topological polar surface area (TPSA) is 72.0 Å². The molecule has 2 fully saturated rings. The third-order valence-corrected chi connectivity index (χ3v) is 7.34. The van der Waals surface area contributed by atoms with E-state index in [1.807, 2.05) is 12.1 Å². The molecule has 2 saturated carbocycles. The van der Waals surface area contributed by atoms with E-state index < -0.39 is 10.0 Å². The van der Waals surface area contributed by atoms with Crippen molar-refractivity contribution in [2.45, 2.75) is 61.7 Å². The first kappa shape index (κ1) is 16.0. The van der Waals surface area contributed by atoms with E-state index in [1.165, 1.54) is 49.0 Å². The molecule has 0 unspecified atom stereocenters. The van der Waals surface area contributed by atoms with Crippen molar-refractivity contribution in [2.75, 3.05) is 4.72 Å². The maximum absolute atomic E-state index is 12.5. The molecular formula is C17H21N3O2S2. The van der Waals surface area contributed by atoms with Gasteiger partial charge in [-0.3, -0.25) is 4.72 Å². The van der Waals surface area contributed by atoms with E-state index in [4.69, 9.17) is 0 Å². The van der Waals surface area contributed by atoms with Crippen LogP contribution >= 0.6 is 11.3 Å². The zero-order valence-corrected chi connectivity index (χ0v) is 15.1. The van der Waals surface area contributed by atoms with Crippen molar-refractivity contribution in [3.05, 3.63) is 34.8 Å². The van der Waals surface area contributed by atoms with Crippen LogP contribution in [0.25, 0.3) is 0 Å². The molecular weight excluding hydrogens is 342 g/mol. The number of benzene rings is 1. The van der Waals surface area contributed by atoms with Crippen LogP contribution in [0.4, 0.5) is 5.13 Å². The van der Waals surface area contributed by atoms with Crippen LogP contribution in [-0.4, -0.2) is 18.6 Å². The van der Waals surface area contributed by atoms with Gasteiger partial charge in [-0.25, -0.2) is 8.42 Å². The quantitative estimate of drug-likeness (QED) is 0.861. The number of anilines is 1. The normalized spacial score (nSPS) is 19.3.